The fourth-order valence-corrected chi connectivity index (χ4v) is 1.55. The van der Waals surface area contributed by atoms with Crippen LogP contribution in [0.15, 0.2) is 16.7 Å². The molecule has 0 saturated carbocycles. The fraction of sp³-hybridized carbons (Fsp3) is 0.545. The second-order valence-corrected chi connectivity index (χ2v) is 5.82. The maximum Gasteiger partial charge on any atom is 0.417 e. The number of halogens is 4. The van der Waals surface area contributed by atoms with Crippen LogP contribution in [0.25, 0.3) is 0 Å². The molecule has 96 valence electrons. The molecule has 6 heteroatoms. The van der Waals surface area contributed by atoms with Gasteiger partial charge in [0.1, 0.15) is 5.82 Å². The molecule has 2 nitrogen and oxygen atoms in total. The minimum absolute atomic E-state index is 0.0207. The number of alkyl halides is 3. The highest BCUT2D eigenvalue weighted by Gasteiger charge is 2.33. The van der Waals surface area contributed by atoms with E-state index >= 15 is 0 Å². The number of nitrogens with zero attached hydrogens (tertiary/aromatic N) is 1. The van der Waals surface area contributed by atoms with Crippen LogP contribution in [-0.2, 0) is 6.18 Å². The Morgan fingerprint density at radius 2 is 1.88 bits per heavy atom. The Bertz CT molecular complexity index is 397. The molecule has 0 amide bonds. The van der Waals surface area contributed by atoms with E-state index < -0.39 is 11.7 Å². The topological polar surface area (TPSA) is 24.9 Å². The van der Waals surface area contributed by atoms with Crippen molar-refractivity contribution >= 4 is 21.7 Å². The highest BCUT2D eigenvalue weighted by atomic mass is 79.9. The highest BCUT2D eigenvalue weighted by Crippen LogP contribution is 2.35. The number of anilines is 1. The quantitative estimate of drug-likeness (QED) is 0.880. The smallest absolute Gasteiger partial charge is 0.370 e. The molecule has 1 heterocycles. The van der Waals surface area contributed by atoms with E-state index in [-0.39, 0.29) is 15.7 Å². The zero-order valence-corrected chi connectivity index (χ0v) is 11.4. The molecule has 0 radical (unpaired) electrons. The van der Waals surface area contributed by atoms with Crippen molar-refractivity contribution in [2.45, 2.75) is 26.9 Å². The van der Waals surface area contributed by atoms with Crippen molar-refractivity contribution in [2.75, 3.05) is 11.9 Å². The van der Waals surface area contributed by atoms with Gasteiger partial charge in [-0.05, 0) is 27.4 Å². The van der Waals surface area contributed by atoms with Gasteiger partial charge < -0.3 is 5.32 Å². The molecule has 0 unspecified atom stereocenters. The van der Waals surface area contributed by atoms with Gasteiger partial charge in [-0.2, -0.15) is 13.2 Å². The van der Waals surface area contributed by atoms with Gasteiger partial charge in [0.2, 0.25) is 0 Å². The van der Waals surface area contributed by atoms with Crippen molar-refractivity contribution in [3.63, 3.8) is 0 Å². The predicted molar refractivity (Wildman–Crippen MR) is 64.9 cm³/mol. The molecule has 0 bridgehead atoms. The van der Waals surface area contributed by atoms with Gasteiger partial charge in [0.25, 0.3) is 0 Å². The number of hydrogen-bond acceptors (Lipinski definition) is 2. The molecule has 0 fully saturated rings. The van der Waals surface area contributed by atoms with Crippen LogP contribution in [0, 0.1) is 5.41 Å². The van der Waals surface area contributed by atoms with E-state index in [1.54, 1.807) is 0 Å². The Labute approximate surface area is 107 Å². The van der Waals surface area contributed by atoms with E-state index in [0.717, 1.165) is 12.3 Å². The zero-order chi connectivity index (χ0) is 13.3. The molecule has 0 aliphatic heterocycles. The SMILES string of the molecule is CC(C)(C)CNc1cc(C(F)(F)F)c(Br)cn1. The summed E-state index contributed by atoms with van der Waals surface area (Å²) in [6.07, 6.45) is -3.21. The normalized spacial score (nSPS) is 12.6. The Morgan fingerprint density at radius 3 is 2.35 bits per heavy atom. The Hall–Kier alpha value is -0.780. The maximum atomic E-state index is 12.6. The number of hydrogen-bond donors (Lipinski definition) is 1. The van der Waals surface area contributed by atoms with Gasteiger partial charge in [0.15, 0.2) is 0 Å². The fourth-order valence-electron chi connectivity index (χ4n) is 1.11. The summed E-state index contributed by atoms with van der Waals surface area (Å²) in [6.45, 7) is 6.52. The second-order valence-electron chi connectivity index (χ2n) is 4.96. The summed E-state index contributed by atoms with van der Waals surface area (Å²) < 4.78 is 37.8. The number of pyridine rings is 1. The maximum absolute atomic E-state index is 12.6. The molecular weight excluding hydrogens is 297 g/mol. The molecule has 0 atom stereocenters. The Kier molecular flexibility index (Phi) is 4.06. The van der Waals surface area contributed by atoms with Gasteiger partial charge >= 0.3 is 6.18 Å². The monoisotopic (exact) mass is 310 g/mol. The number of rotatable bonds is 2. The lowest BCUT2D eigenvalue weighted by atomic mass is 9.97. The van der Waals surface area contributed by atoms with Crippen molar-refractivity contribution in [1.29, 1.82) is 0 Å². The van der Waals surface area contributed by atoms with Crippen molar-refractivity contribution < 1.29 is 13.2 Å². The summed E-state index contributed by atoms with van der Waals surface area (Å²) >= 11 is 2.85. The third-order valence-electron chi connectivity index (χ3n) is 1.96. The van der Waals surface area contributed by atoms with Crippen LogP contribution in [0.1, 0.15) is 26.3 Å². The average Bonchev–Trinajstić information content (AvgIpc) is 2.13. The summed E-state index contributed by atoms with van der Waals surface area (Å²) in [5, 5.41) is 2.89. The first-order valence-corrected chi connectivity index (χ1v) is 5.85. The summed E-state index contributed by atoms with van der Waals surface area (Å²) in [5.41, 5.74) is -0.739. The molecule has 0 spiro atoms. The summed E-state index contributed by atoms with van der Waals surface area (Å²) in [6, 6.07) is 1.01. The van der Waals surface area contributed by atoms with Crippen LogP contribution in [-0.4, -0.2) is 11.5 Å². The lowest BCUT2D eigenvalue weighted by Crippen LogP contribution is -2.20. The molecule has 17 heavy (non-hydrogen) atoms. The minimum atomic E-state index is -4.38. The summed E-state index contributed by atoms with van der Waals surface area (Å²) in [7, 11) is 0. The third-order valence-corrected chi connectivity index (χ3v) is 2.59. The first kappa shape index (κ1) is 14.3. The van der Waals surface area contributed by atoms with Crippen LogP contribution < -0.4 is 5.32 Å². The first-order valence-electron chi connectivity index (χ1n) is 5.06. The van der Waals surface area contributed by atoms with Crippen LogP contribution in [0.2, 0.25) is 0 Å². The van der Waals surface area contributed by atoms with Gasteiger partial charge in [0, 0.05) is 17.2 Å². The lowest BCUT2D eigenvalue weighted by molar-refractivity contribution is -0.138. The van der Waals surface area contributed by atoms with E-state index in [1.165, 1.54) is 0 Å². The molecular formula is C11H14BrF3N2. The zero-order valence-electron chi connectivity index (χ0n) is 9.82. The molecule has 0 saturated heterocycles. The molecule has 1 aromatic rings. The molecule has 1 aromatic heterocycles. The standard InChI is InChI=1S/C11H14BrF3N2/c1-10(2,3)6-17-9-4-7(11(13,14)15)8(12)5-16-9/h4-5H,6H2,1-3H3,(H,16,17). The summed E-state index contributed by atoms with van der Waals surface area (Å²) in [4.78, 5) is 3.90. The average molecular weight is 311 g/mol. The molecule has 1 rings (SSSR count). The predicted octanol–water partition coefficient (Wildman–Crippen LogP) is 4.32. The van der Waals surface area contributed by atoms with Gasteiger partial charge in [-0.3, -0.25) is 0 Å². The van der Waals surface area contributed by atoms with E-state index in [9.17, 15) is 13.2 Å². The van der Waals surface area contributed by atoms with Gasteiger partial charge in [-0.1, -0.05) is 20.8 Å². The lowest BCUT2D eigenvalue weighted by Gasteiger charge is -2.19. The Morgan fingerprint density at radius 1 is 1.29 bits per heavy atom. The van der Waals surface area contributed by atoms with Crippen LogP contribution in [0.3, 0.4) is 0 Å². The summed E-state index contributed by atoms with van der Waals surface area (Å²) in [5.74, 6) is 0.232. The van der Waals surface area contributed by atoms with Crippen LogP contribution in [0.4, 0.5) is 19.0 Å². The van der Waals surface area contributed by atoms with Crippen molar-refractivity contribution in [3.05, 3.63) is 22.3 Å². The van der Waals surface area contributed by atoms with E-state index in [2.05, 4.69) is 26.2 Å². The molecule has 0 aliphatic rings. The largest absolute Gasteiger partial charge is 0.417 e. The van der Waals surface area contributed by atoms with Gasteiger partial charge in [-0.25, -0.2) is 4.98 Å². The van der Waals surface area contributed by atoms with Gasteiger partial charge in [-0.15, -0.1) is 0 Å². The number of nitrogens with one attached hydrogen (secondary N) is 1. The number of aromatic nitrogens is 1. The van der Waals surface area contributed by atoms with E-state index in [1.807, 2.05) is 20.8 Å². The van der Waals surface area contributed by atoms with Crippen LogP contribution in [0.5, 0.6) is 0 Å². The van der Waals surface area contributed by atoms with Gasteiger partial charge in [0.05, 0.1) is 5.56 Å². The third kappa shape index (κ3) is 4.53. The van der Waals surface area contributed by atoms with Crippen molar-refractivity contribution in [3.8, 4) is 0 Å². The minimum Gasteiger partial charge on any atom is -0.370 e. The van der Waals surface area contributed by atoms with E-state index in [0.29, 0.717) is 6.54 Å². The Balaban J connectivity index is 2.90. The highest BCUT2D eigenvalue weighted by molar-refractivity contribution is 9.10. The molecule has 0 aliphatic carbocycles. The molecule has 0 aromatic carbocycles. The molecule has 1 N–H and O–H groups in total. The van der Waals surface area contributed by atoms with Crippen molar-refractivity contribution in [2.24, 2.45) is 5.41 Å². The second kappa shape index (κ2) is 4.84. The first-order chi connectivity index (χ1) is 7.59. The van der Waals surface area contributed by atoms with Crippen molar-refractivity contribution in [1.82, 2.24) is 4.98 Å². The van der Waals surface area contributed by atoms with Crippen LogP contribution >= 0.6 is 15.9 Å². The van der Waals surface area contributed by atoms with E-state index in [4.69, 9.17) is 0 Å².